The topological polar surface area (TPSA) is 92.3 Å². The molecule has 0 spiro atoms. The van der Waals surface area contributed by atoms with Crippen LogP contribution in [0.2, 0.25) is 0 Å². The maximum atomic E-state index is 12.7. The molecule has 2 saturated heterocycles. The number of nitrogens with zero attached hydrogens (tertiary/aromatic N) is 1. The van der Waals surface area contributed by atoms with E-state index in [0.717, 1.165) is 43.0 Å². The first kappa shape index (κ1) is 22.5. The smallest absolute Gasteiger partial charge is 0.315 e. The number of carbonyl (C=O) groups is 1. The van der Waals surface area contributed by atoms with Crippen LogP contribution in [0.5, 0.6) is 5.75 Å². The SMILES string of the molecule is COc1ccc(CNC(=O)N[C@H](CN2CCCC2)[C@H](O)C2C=C3OCCOC3=CC2)cc1. The summed E-state index contributed by atoms with van der Waals surface area (Å²) < 4.78 is 16.5. The lowest BCUT2D eigenvalue weighted by atomic mass is 9.88. The number of urea groups is 1. The third-order valence-corrected chi connectivity index (χ3v) is 6.22. The largest absolute Gasteiger partial charge is 0.497 e. The maximum absolute atomic E-state index is 12.7. The van der Waals surface area contributed by atoms with Crippen molar-refractivity contribution in [2.45, 2.75) is 38.0 Å². The molecule has 1 unspecified atom stereocenters. The van der Waals surface area contributed by atoms with Gasteiger partial charge in [0.25, 0.3) is 0 Å². The van der Waals surface area contributed by atoms with Crippen LogP contribution in [-0.4, -0.2) is 68.1 Å². The second-order valence-corrected chi connectivity index (χ2v) is 8.48. The Morgan fingerprint density at radius 3 is 2.62 bits per heavy atom. The van der Waals surface area contributed by atoms with Crippen LogP contribution >= 0.6 is 0 Å². The molecule has 0 aromatic heterocycles. The maximum Gasteiger partial charge on any atom is 0.315 e. The first-order chi connectivity index (χ1) is 15.6. The minimum absolute atomic E-state index is 0.148. The molecule has 0 bridgehead atoms. The van der Waals surface area contributed by atoms with Crippen molar-refractivity contribution < 1.29 is 24.1 Å². The quantitative estimate of drug-likeness (QED) is 0.570. The zero-order valence-corrected chi connectivity index (χ0v) is 18.6. The number of allylic oxidation sites excluding steroid dienone is 1. The third-order valence-electron chi connectivity index (χ3n) is 6.22. The van der Waals surface area contributed by atoms with Crippen molar-refractivity contribution in [3.63, 3.8) is 0 Å². The van der Waals surface area contributed by atoms with E-state index in [9.17, 15) is 9.90 Å². The molecule has 32 heavy (non-hydrogen) atoms. The summed E-state index contributed by atoms with van der Waals surface area (Å²) in [6, 6.07) is 6.88. The number of amides is 2. The second-order valence-electron chi connectivity index (χ2n) is 8.48. The lowest BCUT2D eigenvalue weighted by Gasteiger charge is -2.34. The zero-order valence-electron chi connectivity index (χ0n) is 18.6. The Labute approximate surface area is 189 Å². The van der Waals surface area contributed by atoms with Gasteiger partial charge in [-0.25, -0.2) is 4.79 Å². The second kappa shape index (κ2) is 10.7. The Kier molecular flexibility index (Phi) is 7.55. The third kappa shape index (κ3) is 5.75. The summed E-state index contributed by atoms with van der Waals surface area (Å²) in [5, 5.41) is 17.1. The van der Waals surface area contributed by atoms with Crippen LogP contribution in [-0.2, 0) is 16.0 Å². The van der Waals surface area contributed by atoms with E-state index in [0.29, 0.717) is 38.5 Å². The van der Waals surface area contributed by atoms with Crippen molar-refractivity contribution in [1.29, 1.82) is 0 Å². The molecule has 8 heteroatoms. The van der Waals surface area contributed by atoms with Crippen LogP contribution in [0.15, 0.2) is 47.9 Å². The van der Waals surface area contributed by atoms with Crippen molar-refractivity contribution >= 4 is 6.03 Å². The van der Waals surface area contributed by atoms with Gasteiger partial charge in [-0.15, -0.1) is 0 Å². The van der Waals surface area contributed by atoms with E-state index in [4.69, 9.17) is 14.2 Å². The molecule has 1 aromatic carbocycles. The fourth-order valence-electron chi connectivity index (χ4n) is 4.40. The Balaban J connectivity index is 1.37. The van der Waals surface area contributed by atoms with Crippen LogP contribution in [0.4, 0.5) is 4.79 Å². The molecule has 2 aliphatic heterocycles. The van der Waals surface area contributed by atoms with Crippen LogP contribution in [0.25, 0.3) is 0 Å². The predicted octanol–water partition coefficient (Wildman–Crippen LogP) is 2.15. The summed E-state index contributed by atoms with van der Waals surface area (Å²) >= 11 is 0. The molecule has 2 amide bonds. The number of rotatable bonds is 8. The number of benzene rings is 1. The summed E-state index contributed by atoms with van der Waals surface area (Å²) in [4.78, 5) is 15.0. The van der Waals surface area contributed by atoms with E-state index < -0.39 is 12.1 Å². The Morgan fingerprint density at radius 2 is 1.91 bits per heavy atom. The molecule has 3 aliphatic rings. The minimum atomic E-state index is -0.738. The van der Waals surface area contributed by atoms with E-state index in [-0.39, 0.29) is 11.9 Å². The Hall–Kier alpha value is -2.71. The normalized spacial score (nSPS) is 22.4. The first-order valence-electron chi connectivity index (χ1n) is 11.4. The van der Waals surface area contributed by atoms with E-state index in [1.807, 2.05) is 36.4 Å². The van der Waals surface area contributed by atoms with Gasteiger partial charge in [0, 0.05) is 19.0 Å². The highest BCUT2D eigenvalue weighted by molar-refractivity contribution is 5.74. The summed E-state index contributed by atoms with van der Waals surface area (Å²) in [6.07, 6.45) is 6.12. The minimum Gasteiger partial charge on any atom is -0.497 e. The van der Waals surface area contributed by atoms with E-state index >= 15 is 0 Å². The monoisotopic (exact) mass is 443 g/mol. The summed E-state index contributed by atoms with van der Waals surface area (Å²) in [5.41, 5.74) is 0.974. The summed E-state index contributed by atoms with van der Waals surface area (Å²) in [5.74, 6) is 2.07. The molecular formula is C24H33N3O5. The van der Waals surface area contributed by atoms with Gasteiger partial charge in [-0.1, -0.05) is 12.1 Å². The highest BCUT2D eigenvalue weighted by atomic mass is 16.6. The molecule has 0 radical (unpaired) electrons. The average molecular weight is 444 g/mol. The van der Waals surface area contributed by atoms with Gasteiger partial charge in [-0.3, -0.25) is 0 Å². The number of carbonyl (C=O) groups excluding carboxylic acids is 1. The van der Waals surface area contributed by atoms with Crippen molar-refractivity contribution in [2.75, 3.05) is 40.0 Å². The fraction of sp³-hybridized carbons (Fsp3) is 0.542. The van der Waals surface area contributed by atoms with Crippen molar-refractivity contribution in [1.82, 2.24) is 15.5 Å². The number of nitrogens with one attached hydrogen (secondary N) is 2. The molecule has 2 heterocycles. The Morgan fingerprint density at radius 1 is 1.19 bits per heavy atom. The van der Waals surface area contributed by atoms with Gasteiger partial charge in [0.15, 0.2) is 11.5 Å². The van der Waals surface area contributed by atoms with Crippen LogP contribution in [0, 0.1) is 5.92 Å². The highest BCUT2D eigenvalue weighted by Gasteiger charge is 2.33. The molecule has 1 aliphatic carbocycles. The lowest BCUT2D eigenvalue weighted by molar-refractivity contribution is 0.0428. The molecule has 2 fully saturated rings. The van der Waals surface area contributed by atoms with Gasteiger partial charge < -0.3 is 34.9 Å². The molecule has 8 nitrogen and oxygen atoms in total. The van der Waals surface area contributed by atoms with Gasteiger partial charge in [-0.05, 0) is 62.2 Å². The molecule has 0 saturated carbocycles. The summed E-state index contributed by atoms with van der Waals surface area (Å²) in [6.45, 7) is 4.05. The zero-order chi connectivity index (χ0) is 22.3. The first-order valence-corrected chi connectivity index (χ1v) is 11.4. The number of fused-ring (bicyclic) bond motifs is 1. The van der Waals surface area contributed by atoms with Crippen LogP contribution < -0.4 is 15.4 Å². The van der Waals surface area contributed by atoms with Gasteiger partial charge in [0.05, 0.1) is 19.3 Å². The number of aliphatic hydroxyl groups excluding tert-OH is 1. The summed E-state index contributed by atoms with van der Waals surface area (Å²) in [7, 11) is 1.62. The molecule has 3 N–H and O–H groups in total. The van der Waals surface area contributed by atoms with E-state index in [1.54, 1.807) is 7.11 Å². The Bertz CT molecular complexity index is 833. The van der Waals surface area contributed by atoms with E-state index in [1.165, 1.54) is 0 Å². The number of ether oxygens (including phenoxy) is 3. The van der Waals surface area contributed by atoms with Gasteiger partial charge in [0.2, 0.25) is 0 Å². The van der Waals surface area contributed by atoms with Crippen LogP contribution in [0.1, 0.15) is 24.8 Å². The van der Waals surface area contributed by atoms with Gasteiger partial charge >= 0.3 is 6.03 Å². The molecular weight excluding hydrogens is 410 g/mol. The number of methoxy groups -OCH3 is 1. The number of aliphatic hydroxyl groups is 1. The molecule has 3 atom stereocenters. The number of hydrogen-bond acceptors (Lipinski definition) is 6. The van der Waals surface area contributed by atoms with E-state index in [2.05, 4.69) is 15.5 Å². The number of likely N-dealkylation sites (tertiary alicyclic amines) is 1. The van der Waals surface area contributed by atoms with Crippen molar-refractivity contribution in [2.24, 2.45) is 5.92 Å². The lowest BCUT2D eigenvalue weighted by Crippen LogP contribution is -2.54. The fourth-order valence-corrected chi connectivity index (χ4v) is 4.40. The van der Waals surface area contributed by atoms with Gasteiger partial charge in [0.1, 0.15) is 19.0 Å². The standard InChI is InChI=1S/C24H33N3O5/c1-30-19-7-4-17(5-8-19)15-25-24(29)26-20(16-27-10-2-3-11-27)23(28)18-6-9-21-22(14-18)32-13-12-31-21/h4-5,7-9,14,18,20,23,28H,2-3,6,10-13,15-16H2,1H3,(H2,25,26,29)/t18?,20-,23-/m1/s1. The van der Waals surface area contributed by atoms with Crippen LogP contribution in [0.3, 0.4) is 0 Å². The molecule has 174 valence electrons. The predicted molar refractivity (Wildman–Crippen MR) is 120 cm³/mol. The van der Waals surface area contributed by atoms with Gasteiger partial charge in [-0.2, -0.15) is 0 Å². The highest BCUT2D eigenvalue weighted by Crippen LogP contribution is 2.30. The average Bonchev–Trinajstić information content (AvgIpc) is 3.35. The van der Waals surface area contributed by atoms with Crippen molar-refractivity contribution in [3.8, 4) is 5.75 Å². The van der Waals surface area contributed by atoms with Crippen molar-refractivity contribution in [3.05, 3.63) is 53.5 Å². The molecule has 1 aromatic rings. The number of hydrogen-bond donors (Lipinski definition) is 3. The molecule has 4 rings (SSSR count).